The predicted octanol–water partition coefficient (Wildman–Crippen LogP) is 7.10. The van der Waals surface area contributed by atoms with E-state index in [1.807, 2.05) is 12.1 Å². The Morgan fingerprint density at radius 1 is 0.621 bits per heavy atom. The lowest BCUT2D eigenvalue weighted by Gasteiger charge is -2.09. The zero-order chi connectivity index (χ0) is 19.5. The van der Waals surface area contributed by atoms with E-state index < -0.39 is 0 Å². The smallest absolute Gasteiger partial charge is 0.116 e. The summed E-state index contributed by atoms with van der Waals surface area (Å²) in [6, 6.07) is 31.6. The van der Waals surface area contributed by atoms with Gasteiger partial charge in [0.15, 0.2) is 0 Å². The molecule has 138 valence electrons. The van der Waals surface area contributed by atoms with E-state index in [2.05, 4.69) is 84.3 Å². The molecular weight excluding hydrogens is 354 g/mol. The van der Waals surface area contributed by atoms with Crippen LogP contribution in [0.15, 0.2) is 91.0 Å². The van der Waals surface area contributed by atoms with Gasteiger partial charge in [-0.2, -0.15) is 0 Å². The number of benzene rings is 5. The first kappa shape index (κ1) is 16.2. The molecule has 0 aliphatic heterocycles. The molecule has 5 aromatic carbocycles. The van der Waals surface area contributed by atoms with Crippen LogP contribution in [0.3, 0.4) is 0 Å². The Labute approximate surface area is 168 Å². The number of fused-ring (bicyclic) bond motifs is 7. The summed E-state index contributed by atoms with van der Waals surface area (Å²) in [6.45, 7) is 2.10. The second-order valence-corrected chi connectivity index (χ2v) is 7.72. The summed E-state index contributed by atoms with van der Waals surface area (Å²) >= 11 is 0. The number of aromatic nitrogens is 1. The number of hydrogen-bond acceptors (Lipinski definition) is 1. The standard InChI is InChI=1S/C27H19NO/c1-17-6-11-20(12-7-17)28-24-15-13-21(29)16-23(24)27-25(28)14-10-19-9-8-18-4-2-3-5-22(18)26(19)27/h2-16,29H,1H3. The molecule has 0 spiro atoms. The third-order valence-corrected chi connectivity index (χ3v) is 5.91. The predicted molar refractivity (Wildman–Crippen MR) is 122 cm³/mol. The van der Waals surface area contributed by atoms with E-state index in [-0.39, 0.29) is 5.75 Å². The third kappa shape index (κ3) is 2.29. The molecule has 6 aromatic rings. The number of aromatic hydroxyl groups is 1. The maximum absolute atomic E-state index is 10.3. The lowest BCUT2D eigenvalue weighted by atomic mass is 9.97. The van der Waals surface area contributed by atoms with Crippen LogP contribution < -0.4 is 0 Å². The maximum atomic E-state index is 10.3. The Bertz CT molecular complexity index is 1560. The van der Waals surface area contributed by atoms with Crippen LogP contribution in [0.1, 0.15) is 5.56 Å². The number of nitrogens with zero attached hydrogens (tertiary/aromatic N) is 1. The summed E-state index contributed by atoms with van der Waals surface area (Å²) < 4.78 is 2.30. The fourth-order valence-electron chi connectivity index (χ4n) is 4.57. The minimum absolute atomic E-state index is 0.290. The van der Waals surface area contributed by atoms with Crippen molar-refractivity contribution >= 4 is 43.4 Å². The van der Waals surface area contributed by atoms with Gasteiger partial charge in [0.05, 0.1) is 11.0 Å². The number of aryl methyl sites for hydroxylation is 1. The Kier molecular flexibility index (Phi) is 3.27. The Balaban J connectivity index is 1.90. The fourth-order valence-corrected chi connectivity index (χ4v) is 4.57. The molecule has 1 N–H and O–H groups in total. The molecule has 29 heavy (non-hydrogen) atoms. The van der Waals surface area contributed by atoms with Gasteiger partial charge in [0.25, 0.3) is 0 Å². The molecule has 0 bridgehead atoms. The van der Waals surface area contributed by atoms with E-state index in [0.717, 1.165) is 22.1 Å². The van der Waals surface area contributed by atoms with Crippen LogP contribution in [-0.4, -0.2) is 9.67 Å². The van der Waals surface area contributed by atoms with E-state index in [1.165, 1.54) is 32.5 Å². The lowest BCUT2D eigenvalue weighted by Crippen LogP contribution is -1.93. The van der Waals surface area contributed by atoms with Gasteiger partial charge in [0.2, 0.25) is 0 Å². The molecule has 6 rings (SSSR count). The summed E-state index contributed by atoms with van der Waals surface area (Å²) in [5.41, 5.74) is 4.62. The normalized spacial score (nSPS) is 11.8. The Morgan fingerprint density at radius 3 is 2.21 bits per heavy atom. The van der Waals surface area contributed by atoms with Crippen molar-refractivity contribution in [3.63, 3.8) is 0 Å². The second-order valence-electron chi connectivity index (χ2n) is 7.72. The van der Waals surface area contributed by atoms with Crippen molar-refractivity contribution in [2.45, 2.75) is 6.92 Å². The number of rotatable bonds is 1. The topological polar surface area (TPSA) is 25.2 Å². The van der Waals surface area contributed by atoms with Crippen molar-refractivity contribution in [1.82, 2.24) is 4.57 Å². The van der Waals surface area contributed by atoms with E-state index in [9.17, 15) is 5.11 Å². The van der Waals surface area contributed by atoms with Gasteiger partial charge in [-0.1, -0.05) is 60.2 Å². The molecule has 2 heteroatoms. The minimum atomic E-state index is 0.290. The van der Waals surface area contributed by atoms with Crippen molar-refractivity contribution in [3.8, 4) is 11.4 Å². The largest absolute Gasteiger partial charge is 0.508 e. The van der Waals surface area contributed by atoms with Crippen LogP contribution >= 0.6 is 0 Å². The zero-order valence-corrected chi connectivity index (χ0v) is 16.1. The van der Waals surface area contributed by atoms with Gasteiger partial charge in [0, 0.05) is 16.5 Å². The molecule has 0 radical (unpaired) electrons. The van der Waals surface area contributed by atoms with E-state index in [0.29, 0.717) is 0 Å². The summed E-state index contributed by atoms with van der Waals surface area (Å²) in [7, 11) is 0. The van der Waals surface area contributed by atoms with Crippen LogP contribution in [0, 0.1) is 6.92 Å². The van der Waals surface area contributed by atoms with E-state index in [4.69, 9.17) is 0 Å². The summed E-state index contributed by atoms with van der Waals surface area (Å²) in [5.74, 6) is 0.290. The molecule has 0 saturated heterocycles. The summed E-state index contributed by atoms with van der Waals surface area (Å²) in [4.78, 5) is 0. The molecular formula is C27H19NO. The van der Waals surface area contributed by atoms with Crippen molar-refractivity contribution in [2.24, 2.45) is 0 Å². The molecule has 1 heterocycles. The van der Waals surface area contributed by atoms with Crippen LogP contribution in [0.2, 0.25) is 0 Å². The highest BCUT2D eigenvalue weighted by Gasteiger charge is 2.16. The van der Waals surface area contributed by atoms with Gasteiger partial charge in [-0.3, -0.25) is 0 Å². The molecule has 0 saturated carbocycles. The number of phenolic OH excluding ortho intramolecular Hbond substituents is 1. The van der Waals surface area contributed by atoms with Crippen molar-refractivity contribution in [1.29, 1.82) is 0 Å². The highest BCUT2D eigenvalue weighted by molar-refractivity contribution is 6.28. The lowest BCUT2D eigenvalue weighted by molar-refractivity contribution is 0.476. The van der Waals surface area contributed by atoms with Gasteiger partial charge in [-0.05, 0) is 64.9 Å². The zero-order valence-electron chi connectivity index (χ0n) is 16.1. The van der Waals surface area contributed by atoms with E-state index in [1.54, 1.807) is 6.07 Å². The van der Waals surface area contributed by atoms with Gasteiger partial charge >= 0.3 is 0 Å². The number of hydrogen-bond donors (Lipinski definition) is 1. The van der Waals surface area contributed by atoms with Gasteiger partial charge in [0.1, 0.15) is 5.75 Å². The van der Waals surface area contributed by atoms with Crippen molar-refractivity contribution in [3.05, 3.63) is 96.6 Å². The molecule has 0 aliphatic carbocycles. The molecule has 0 unspecified atom stereocenters. The van der Waals surface area contributed by atoms with Gasteiger partial charge in [-0.25, -0.2) is 0 Å². The highest BCUT2D eigenvalue weighted by Crippen LogP contribution is 2.40. The monoisotopic (exact) mass is 373 g/mol. The molecule has 0 atom stereocenters. The average Bonchev–Trinajstić information content (AvgIpc) is 3.07. The molecule has 1 aromatic heterocycles. The SMILES string of the molecule is Cc1ccc(-n2c3ccc(O)cc3c3c4c(ccc5ccccc54)ccc32)cc1. The number of phenols is 1. The summed E-state index contributed by atoms with van der Waals surface area (Å²) in [6.07, 6.45) is 0. The highest BCUT2D eigenvalue weighted by atomic mass is 16.3. The van der Waals surface area contributed by atoms with Gasteiger partial charge < -0.3 is 9.67 Å². The molecule has 0 aliphatic rings. The molecule has 0 amide bonds. The van der Waals surface area contributed by atoms with Crippen molar-refractivity contribution < 1.29 is 5.11 Å². The second kappa shape index (κ2) is 5.86. The van der Waals surface area contributed by atoms with Gasteiger partial charge in [-0.15, -0.1) is 0 Å². The summed E-state index contributed by atoms with van der Waals surface area (Å²) in [5, 5.41) is 17.5. The van der Waals surface area contributed by atoms with Crippen molar-refractivity contribution in [2.75, 3.05) is 0 Å². The Hall–Kier alpha value is -3.78. The van der Waals surface area contributed by atoms with E-state index >= 15 is 0 Å². The molecule has 0 fully saturated rings. The van der Waals surface area contributed by atoms with Crippen LogP contribution in [0.4, 0.5) is 0 Å². The third-order valence-electron chi connectivity index (χ3n) is 5.91. The minimum Gasteiger partial charge on any atom is -0.508 e. The first-order valence-electron chi connectivity index (χ1n) is 9.85. The first-order valence-corrected chi connectivity index (χ1v) is 9.85. The fraction of sp³-hybridized carbons (Fsp3) is 0.0370. The average molecular weight is 373 g/mol. The molecule has 2 nitrogen and oxygen atoms in total. The van der Waals surface area contributed by atoms with Crippen LogP contribution in [-0.2, 0) is 0 Å². The van der Waals surface area contributed by atoms with Crippen LogP contribution in [0.25, 0.3) is 49.0 Å². The van der Waals surface area contributed by atoms with Crippen LogP contribution in [0.5, 0.6) is 5.75 Å². The quantitative estimate of drug-likeness (QED) is 0.305. The first-order chi connectivity index (χ1) is 14.2. The Morgan fingerprint density at radius 2 is 1.34 bits per heavy atom. The maximum Gasteiger partial charge on any atom is 0.116 e.